The van der Waals surface area contributed by atoms with Gasteiger partial charge in [0.15, 0.2) is 5.13 Å². The molecule has 2 heterocycles. The minimum Gasteiger partial charge on any atom is -0.375 e. The maximum atomic E-state index is 5.64. The molecule has 0 aliphatic carbocycles. The molecule has 1 fully saturated rings. The summed E-state index contributed by atoms with van der Waals surface area (Å²) in [4.78, 5) is 7.96. The van der Waals surface area contributed by atoms with Gasteiger partial charge >= 0.3 is 0 Å². The first kappa shape index (κ1) is 13.7. The highest BCUT2D eigenvalue weighted by Gasteiger charge is 2.27. The van der Waals surface area contributed by atoms with Crippen LogP contribution in [-0.4, -0.2) is 22.5 Å². The molecule has 0 spiro atoms. The van der Waals surface area contributed by atoms with Crippen LogP contribution in [0.2, 0.25) is 0 Å². The summed E-state index contributed by atoms with van der Waals surface area (Å²) in [6, 6.07) is 0.744. The molecule has 16 heavy (non-hydrogen) atoms. The maximum Gasteiger partial charge on any atom is 0.180 e. The van der Waals surface area contributed by atoms with E-state index in [1.54, 1.807) is 11.3 Å². The molecular formula is C11H20ClN3S. The fraction of sp³-hybridized carbons (Fsp3) is 0.727. The van der Waals surface area contributed by atoms with Crippen molar-refractivity contribution in [1.82, 2.24) is 9.88 Å². The fourth-order valence-corrected chi connectivity index (χ4v) is 3.11. The summed E-state index contributed by atoms with van der Waals surface area (Å²) in [7, 11) is 0. The van der Waals surface area contributed by atoms with Crippen LogP contribution >= 0.6 is 23.7 Å². The first-order valence-electron chi connectivity index (χ1n) is 5.61. The van der Waals surface area contributed by atoms with Gasteiger partial charge in [-0.25, -0.2) is 4.98 Å². The first-order valence-corrected chi connectivity index (χ1v) is 6.42. The van der Waals surface area contributed by atoms with Gasteiger partial charge in [0, 0.05) is 23.7 Å². The Labute approximate surface area is 107 Å². The van der Waals surface area contributed by atoms with Gasteiger partial charge in [-0.05, 0) is 25.3 Å². The van der Waals surface area contributed by atoms with Gasteiger partial charge in [-0.1, -0.05) is 13.8 Å². The summed E-state index contributed by atoms with van der Waals surface area (Å²) < 4.78 is 0. The minimum absolute atomic E-state index is 0. The monoisotopic (exact) mass is 261 g/mol. The minimum atomic E-state index is 0. The number of aromatic nitrogens is 1. The lowest BCUT2D eigenvalue weighted by molar-refractivity contribution is 0.200. The molecule has 1 unspecified atom stereocenters. The molecule has 2 rings (SSSR count). The summed E-state index contributed by atoms with van der Waals surface area (Å²) in [6.45, 7) is 6.87. The number of hydrogen-bond acceptors (Lipinski definition) is 4. The number of rotatable bonds is 3. The zero-order valence-corrected chi connectivity index (χ0v) is 11.5. The molecule has 3 nitrogen and oxygen atoms in total. The van der Waals surface area contributed by atoms with Gasteiger partial charge in [0.05, 0.1) is 0 Å². The van der Waals surface area contributed by atoms with E-state index in [4.69, 9.17) is 5.73 Å². The van der Waals surface area contributed by atoms with Crippen LogP contribution in [-0.2, 0) is 6.54 Å². The van der Waals surface area contributed by atoms with E-state index in [1.807, 2.05) is 6.20 Å². The third-order valence-electron chi connectivity index (χ3n) is 3.11. The van der Waals surface area contributed by atoms with E-state index >= 15 is 0 Å². The number of thiazole rings is 1. The lowest BCUT2D eigenvalue weighted by Gasteiger charge is -2.26. The number of halogens is 1. The van der Waals surface area contributed by atoms with E-state index < -0.39 is 0 Å². The van der Waals surface area contributed by atoms with Crippen LogP contribution in [0.15, 0.2) is 6.20 Å². The highest BCUT2D eigenvalue weighted by Crippen LogP contribution is 2.27. The van der Waals surface area contributed by atoms with Gasteiger partial charge in [-0.2, -0.15) is 0 Å². The second kappa shape index (κ2) is 5.84. The van der Waals surface area contributed by atoms with Crippen molar-refractivity contribution in [2.45, 2.75) is 39.3 Å². The average Bonchev–Trinajstić information content (AvgIpc) is 2.75. The van der Waals surface area contributed by atoms with Crippen LogP contribution in [0.25, 0.3) is 0 Å². The van der Waals surface area contributed by atoms with Crippen molar-refractivity contribution in [2.75, 3.05) is 12.3 Å². The van der Waals surface area contributed by atoms with Crippen molar-refractivity contribution in [3.63, 3.8) is 0 Å². The van der Waals surface area contributed by atoms with E-state index in [0.29, 0.717) is 5.13 Å². The Morgan fingerprint density at radius 2 is 2.38 bits per heavy atom. The first-order chi connectivity index (χ1) is 7.16. The molecule has 1 aliphatic heterocycles. The molecule has 0 bridgehead atoms. The second-order valence-electron chi connectivity index (χ2n) is 4.59. The van der Waals surface area contributed by atoms with E-state index in [1.165, 1.54) is 24.3 Å². The van der Waals surface area contributed by atoms with Crippen molar-refractivity contribution >= 4 is 28.9 Å². The van der Waals surface area contributed by atoms with Gasteiger partial charge in [0.25, 0.3) is 0 Å². The van der Waals surface area contributed by atoms with E-state index in [2.05, 4.69) is 23.7 Å². The lowest BCUT2D eigenvalue weighted by atomic mass is 10.0. The average molecular weight is 262 g/mol. The molecule has 5 heteroatoms. The number of nitrogens with zero attached hydrogens (tertiary/aromatic N) is 2. The molecule has 92 valence electrons. The van der Waals surface area contributed by atoms with E-state index in [-0.39, 0.29) is 12.4 Å². The predicted octanol–water partition coefficient (Wildman–Crippen LogP) is 2.77. The highest BCUT2D eigenvalue weighted by atomic mass is 35.5. The van der Waals surface area contributed by atoms with Crippen LogP contribution in [0.4, 0.5) is 5.13 Å². The zero-order valence-electron chi connectivity index (χ0n) is 9.85. The number of nitrogens with two attached hydrogens (primary N) is 1. The molecule has 0 radical (unpaired) electrons. The molecule has 0 amide bonds. The van der Waals surface area contributed by atoms with Crippen LogP contribution in [0.3, 0.4) is 0 Å². The largest absolute Gasteiger partial charge is 0.375 e. The van der Waals surface area contributed by atoms with Crippen molar-refractivity contribution in [3.05, 3.63) is 11.1 Å². The van der Waals surface area contributed by atoms with Crippen LogP contribution in [0.5, 0.6) is 0 Å². The van der Waals surface area contributed by atoms with Crippen molar-refractivity contribution < 1.29 is 0 Å². The third kappa shape index (κ3) is 3.09. The second-order valence-corrected chi connectivity index (χ2v) is 5.74. The number of anilines is 1. The molecule has 0 saturated carbocycles. The Morgan fingerprint density at radius 1 is 1.62 bits per heavy atom. The van der Waals surface area contributed by atoms with Gasteiger partial charge in [-0.3, -0.25) is 4.90 Å². The molecule has 1 aliphatic rings. The van der Waals surface area contributed by atoms with E-state index in [9.17, 15) is 0 Å². The van der Waals surface area contributed by atoms with Gasteiger partial charge in [0.1, 0.15) is 0 Å². The normalized spacial score (nSPS) is 21.3. The number of likely N-dealkylation sites (tertiary alicyclic amines) is 1. The van der Waals surface area contributed by atoms with Crippen molar-refractivity contribution in [1.29, 1.82) is 0 Å². The number of nitrogen functional groups attached to an aromatic ring is 1. The summed E-state index contributed by atoms with van der Waals surface area (Å²) >= 11 is 1.61. The topological polar surface area (TPSA) is 42.2 Å². The zero-order chi connectivity index (χ0) is 10.8. The lowest BCUT2D eigenvalue weighted by Crippen LogP contribution is -2.32. The highest BCUT2D eigenvalue weighted by molar-refractivity contribution is 7.15. The number of hydrogen-bond donors (Lipinski definition) is 1. The molecular weight excluding hydrogens is 242 g/mol. The Balaban J connectivity index is 0.00000128. The van der Waals surface area contributed by atoms with Crippen LogP contribution in [0, 0.1) is 5.92 Å². The smallest absolute Gasteiger partial charge is 0.180 e. The predicted molar refractivity (Wildman–Crippen MR) is 72.0 cm³/mol. The van der Waals surface area contributed by atoms with E-state index in [0.717, 1.165) is 18.5 Å². The SMILES string of the molecule is CC(C)C1CCCN1Cc1cnc(N)s1.Cl. The summed E-state index contributed by atoms with van der Waals surface area (Å²) in [5, 5.41) is 0.685. The summed E-state index contributed by atoms with van der Waals surface area (Å²) in [6.07, 6.45) is 4.58. The van der Waals surface area contributed by atoms with Gasteiger partial charge in [0.2, 0.25) is 0 Å². The molecule has 2 N–H and O–H groups in total. The van der Waals surface area contributed by atoms with Gasteiger partial charge in [-0.15, -0.1) is 23.7 Å². The van der Waals surface area contributed by atoms with Crippen molar-refractivity contribution in [2.24, 2.45) is 5.92 Å². The van der Waals surface area contributed by atoms with Crippen LogP contribution in [0.1, 0.15) is 31.6 Å². The van der Waals surface area contributed by atoms with Gasteiger partial charge < -0.3 is 5.73 Å². The van der Waals surface area contributed by atoms with Crippen molar-refractivity contribution in [3.8, 4) is 0 Å². The quantitative estimate of drug-likeness (QED) is 0.910. The Kier molecular flexibility index (Phi) is 5.02. The molecule has 1 atom stereocenters. The third-order valence-corrected chi connectivity index (χ3v) is 3.93. The Morgan fingerprint density at radius 3 is 2.94 bits per heavy atom. The Hall–Kier alpha value is -0.320. The summed E-state index contributed by atoms with van der Waals surface area (Å²) in [5.74, 6) is 0.748. The standard InChI is InChI=1S/C11H19N3S.ClH/c1-8(2)10-4-3-5-14(10)7-9-6-13-11(12)15-9;/h6,8,10H,3-5,7H2,1-2H3,(H2,12,13);1H. The molecule has 1 aromatic rings. The molecule has 0 aromatic carbocycles. The summed E-state index contributed by atoms with van der Waals surface area (Å²) in [5.41, 5.74) is 5.64. The maximum absolute atomic E-state index is 5.64. The fourth-order valence-electron chi connectivity index (χ4n) is 2.40. The molecule has 1 aromatic heterocycles. The molecule has 1 saturated heterocycles. The van der Waals surface area contributed by atoms with Crippen LogP contribution < -0.4 is 5.73 Å². The Bertz CT molecular complexity index is 327.